The summed E-state index contributed by atoms with van der Waals surface area (Å²) in [7, 11) is 5.45. The predicted octanol–water partition coefficient (Wildman–Crippen LogP) is 5.84. The normalized spacial score (nSPS) is 13.2. The lowest BCUT2D eigenvalue weighted by molar-refractivity contribution is 0.293. The number of benzene rings is 2. The molecule has 0 radical (unpaired) electrons. The molecule has 0 bridgehead atoms. The molecule has 0 heterocycles. The first-order valence-corrected chi connectivity index (χ1v) is 11.2. The molecule has 0 N–H and O–H groups in total. The minimum atomic E-state index is -0.482. The number of likely N-dealkylation sites (N-methyl/N-ethyl adjacent to an activating group) is 1. The summed E-state index contributed by atoms with van der Waals surface area (Å²) in [6.07, 6.45) is 2.74. The van der Waals surface area contributed by atoms with Crippen molar-refractivity contribution in [3.05, 3.63) is 58.1 Å². The minimum Gasteiger partial charge on any atom is -0.493 e. The lowest BCUT2D eigenvalue weighted by atomic mass is 9.70. The predicted molar refractivity (Wildman–Crippen MR) is 126 cm³/mol. The van der Waals surface area contributed by atoms with Crippen LogP contribution in [0.5, 0.6) is 11.5 Å². The summed E-state index contributed by atoms with van der Waals surface area (Å²) in [5.41, 5.74) is 1.83. The molecule has 0 spiro atoms. The van der Waals surface area contributed by atoms with Crippen molar-refractivity contribution < 1.29 is 9.47 Å². The second-order valence-corrected chi connectivity index (χ2v) is 8.92. The molecule has 2 aromatic carbocycles. The molecule has 0 fully saturated rings. The van der Waals surface area contributed by atoms with E-state index in [2.05, 4.69) is 59.9 Å². The second-order valence-electron chi connectivity index (χ2n) is 8.06. The molecule has 162 valence electrons. The van der Waals surface area contributed by atoms with Crippen LogP contribution in [0.15, 0.2) is 46.9 Å². The first-order chi connectivity index (χ1) is 14.4. The molecule has 2 rings (SSSR count). The van der Waals surface area contributed by atoms with E-state index in [0.717, 1.165) is 53.9 Å². The van der Waals surface area contributed by atoms with E-state index in [4.69, 9.17) is 9.47 Å². The highest BCUT2D eigenvalue weighted by Crippen LogP contribution is 2.40. The van der Waals surface area contributed by atoms with E-state index in [1.54, 1.807) is 14.2 Å². The first-order valence-electron chi connectivity index (χ1n) is 10.4. The maximum absolute atomic E-state index is 10.1. The number of rotatable bonds is 11. The van der Waals surface area contributed by atoms with Crippen molar-refractivity contribution in [2.45, 2.75) is 38.5 Å². The second kappa shape index (κ2) is 11.4. The van der Waals surface area contributed by atoms with Crippen LogP contribution in [-0.4, -0.2) is 39.3 Å². The van der Waals surface area contributed by atoms with Gasteiger partial charge in [0.2, 0.25) is 0 Å². The number of nitrogens with zero attached hydrogens (tertiary/aromatic N) is 2. The van der Waals surface area contributed by atoms with E-state index in [1.165, 1.54) is 5.56 Å². The van der Waals surface area contributed by atoms with Crippen molar-refractivity contribution >= 4 is 15.9 Å². The fraction of sp³-hybridized carbons (Fsp3) is 0.480. The Hall–Kier alpha value is -2.03. The third kappa shape index (κ3) is 5.77. The Morgan fingerprint density at radius 2 is 1.77 bits per heavy atom. The fourth-order valence-corrected chi connectivity index (χ4v) is 4.54. The molecule has 1 atom stereocenters. The van der Waals surface area contributed by atoms with Crippen LogP contribution in [0.1, 0.15) is 37.8 Å². The molecule has 0 amide bonds. The molecule has 0 saturated heterocycles. The van der Waals surface area contributed by atoms with Gasteiger partial charge in [0.15, 0.2) is 11.5 Å². The fourth-order valence-electron chi connectivity index (χ4n) is 3.90. The quantitative estimate of drug-likeness (QED) is 0.412. The molecule has 5 heteroatoms. The molecule has 0 aliphatic rings. The van der Waals surface area contributed by atoms with Crippen molar-refractivity contribution in [1.29, 1.82) is 5.26 Å². The Balaban J connectivity index is 1.96. The van der Waals surface area contributed by atoms with Crippen LogP contribution in [-0.2, 0) is 11.8 Å². The zero-order chi connectivity index (χ0) is 22.1. The zero-order valence-corrected chi connectivity index (χ0v) is 20.3. The Morgan fingerprint density at radius 1 is 1.07 bits per heavy atom. The molecule has 30 heavy (non-hydrogen) atoms. The van der Waals surface area contributed by atoms with Crippen LogP contribution in [0.4, 0.5) is 0 Å². The molecular weight excluding hydrogens is 440 g/mol. The van der Waals surface area contributed by atoms with Gasteiger partial charge in [-0.1, -0.05) is 54.0 Å². The summed E-state index contributed by atoms with van der Waals surface area (Å²) >= 11 is 3.65. The van der Waals surface area contributed by atoms with Crippen molar-refractivity contribution in [3.63, 3.8) is 0 Å². The van der Waals surface area contributed by atoms with Gasteiger partial charge >= 0.3 is 0 Å². The number of hydrogen-bond donors (Lipinski definition) is 0. The number of methoxy groups -OCH3 is 2. The van der Waals surface area contributed by atoms with Gasteiger partial charge in [-0.2, -0.15) is 5.26 Å². The molecule has 0 aliphatic heterocycles. The van der Waals surface area contributed by atoms with Gasteiger partial charge in [-0.25, -0.2) is 0 Å². The van der Waals surface area contributed by atoms with Gasteiger partial charge in [0.05, 0.1) is 25.7 Å². The molecular formula is C25H33BrN2O2. The van der Waals surface area contributed by atoms with Crippen LogP contribution in [0, 0.1) is 17.2 Å². The highest BCUT2D eigenvalue weighted by Gasteiger charge is 2.36. The monoisotopic (exact) mass is 472 g/mol. The Morgan fingerprint density at radius 3 is 2.37 bits per heavy atom. The van der Waals surface area contributed by atoms with E-state index in [1.807, 2.05) is 30.3 Å². The number of hydrogen-bond acceptors (Lipinski definition) is 4. The number of halogens is 1. The van der Waals surface area contributed by atoms with E-state index in [9.17, 15) is 5.26 Å². The molecule has 2 aromatic rings. The summed E-state index contributed by atoms with van der Waals surface area (Å²) in [4.78, 5) is 2.33. The van der Waals surface area contributed by atoms with E-state index < -0.39 is 5.41 Å². The van der Waals surface area contributed by atoms with Crippen LogP contribution >= 0.6 is 15.9 Å². The van der Waals surface area contributed by atoms with Crippen molar-refractivity contribution in [2.75, 3.05) is 34.4 Å². The molecule has 0 aliphatic carbocycles. The first kappa shape index (κ1) is 24.2. The summed E-state index contributed by atoms with van der Waals surface area (Å²) in [6.45, 7) is 6.19. The lowest BCUT2D eigenvalue weighted by Crippen LogP contribution is -2.33. The van der Waals surface area contributed by atoms with Crippen molar-refractivity contribution in [1.82, 2.24) is 4.90 Å². The molecule has 1 unspecified atom stereocenters. The third-order valence-electron chi connectivity index (χ3n) is 5.88. The van der Waals surface area contributed by atoms with Gasteiger partial charge in [-0.15, -0.1) is 0 Å². The minimum absolute atomic E-state index is 0.235. The van der Waals surface area contributed by atoms with E-state index in [-0.39, 0.29) is 5.92 Å². The van der Waals surface area contributed by atoms with Crippen LogP contribution < -0.4 is 9.47 Å². The Kier molecular flexibility index (Phi) is 9.20. The Labute approximate surface area is 189 Å². The van der Waals surface area contributed by atoms with Crippen LogP contribution in [0.3, 0.4) is 0 Å². The highest BCUT2D eigenvalue weighted by atomic mass is 79.9. The van der Waals surface area contributed by atoms with Crippen LogP contribution in [0.25, 0.3) is 0 Å². The maximum atomic E-state index is 10.1. The number of nitriles is 1. The third-order valence-corrected chi connectivity index (χ3v) is 6.57. The summed E-state index contributed by atoms with van der Waals surface area (Å²) in [6, 6.07) is 16.9. The van der Waals surface area contributed by atoms with Gasteiger partial charge in [-0.3, -0.25) is 0 Å². The largest absolute Gasteiger partial charge is 0.493 e. The highest BCUT2D eigenvalue weighted by molar-refractivity contribution is 9.10. The zero-order valence-electron chi connectivity index (χ0n) is 18.7. The average molecular weight is 473 g/mol. The smallest absolute Gasteiger partial charge is 0.160 e. The van der Waals surface area contributed by atoms with Crippen molar-refractivity contribution in [3.8, 4) is 17.6 Å². The van der Waals surface area contributed by atoms with Gasteiger partial charge in [-0.05, 0) is 68.1 Å². The van der Waals surface area contributed by atoms with Gasteiger partial charge in [0.25, 0.3) is 0 Å². The van der Waals surface area contributed by atoms with Gasteiger partial charge in [0, 0.05) is 11.0 Å². The number of ether oxygens (including phenoxy) is 2. The lowest BCUT2D eigenvalue weighted by Gasteiger charge is -2.33. The summed E-state index contributed by atoms with van der Waals surface area (Å²) in [5, 5.41) is 10.1. The van der Waals surface area contributed by atoms with Gasteiger partial charge in [0.1, 0.15) is 0 Å². The SMILES string of the molecule is COc1ccc(CCN(C)CCCC(C#N)(c2ccccc2Br)C(C)C)cc1OC. The van der Waals surface area contributed by atoms with E-state index in [0.29, 0.717) is 0 Å². The van der Waals surface area contributed by atoms with E-state index >= 15 is 0 Å². The Bertz CT molecular complexity index is 862. The van der Waals surface area contributed by atoms with Crippen LogP contribution in [0.2, 0.25) is 0 Å². The molecule has 0 saturated carbocycles. The topological polar surface area (TPSA) is 45.5 Å². The molecule has 4 nitrogen and oxygen atoms in total. The molecule has 0 aromatic heterocycles. The van der Waals surface area contributed by atoms with Crippen molar-refractivity contribution in [2.24, 2.45) is 5.92 Å². The standard InChI is InChI=1S/C25H33BrN2O2/c1-19(2)25(18-27,21-9-6-7-10-22(21)26)14-8-15-28(3)16-13-20-11-12-23(29-4)24(17-20)30-5/h6-7,9-12,17,19H,8,13-16H2,1-5H3. The maximum Gasteiger partial charge on any atom is 0.160 e. The average Bonchev–Trinajstić information content (AvgIpc) is 2.75. The van der Waals surface area contributed by atoms with Gasteiger partial charge < -0.3 is 14.4 Å². The summed E-state index contributed by atoms with van der Waals surface area (Å²) < 4.78 is 11.7. The summed E-state index contributed by atoms with van der Waals surface area (Å²) in [5.74, 6) is 1.75.